The van der Waals surface area contributed by atoms with E-state index in [1.807, 2.05) is 39.9 Å². The number of para-hydroxylation sites is 1. The quantitative estimate of drug-likeness (QED) is 0.896. The fourth-order valence-electron chi connectivity index (χ4n) is 3.37. The number of carbonyl (C=O) groups excluding carboxylic acids is 1. The van der Waals surface area contributed by atoms with Crippen LogP contribution >= 0.6 is 0 Å². The number of benzene rings is 1. The van der Waals surface area contributed by atoms with Gasteiger partial charge in [0.1, 0.15) is 0 Å². The SMILES string of the molecule is CCCc1c(C(=O)N2CC[NH+](CC)CC2)cnn1-c1ccccc1. The average molecular weight is 327 g/mol. The highest BCUT2D eigenvalue weighted by Gasteiger charge is 2.27. The second-order valence-electron chi connectivity index (χ2n) is 6.40. The first-order valence-corrected chi connectivity index (χ1v) is 8.99. The number of hydrogen-bond acceptors (Lipinski definition) is 2. The second kappa shape index (κ2) is 7.62. The van der Waals surface area contributed by atoms with Crippen molar-refractivity contribution in [3.05, 3.63) is 47.8 Å². The van der Waals surface area contributed by atoms with E-state index in [1.54, 1.807) is 11.1 Å². The summed E-state index contributed by atoms with van der Waals surface area (Å²) in [5, 5.41) is 4.52. The Balaban J connectivity index is 1.85. The molecule has 0 atom stereocenters. The average Bonchev–Trinajstić information content (AvgIpc) is 3.06. The third kappa shape index (κ3) is 3.36. The molecule has 1 aromatic carbocycles. The zero-order valence-electron chi connectivity index (χ0n) is 14.7. The summed E-state index contributed by atoms with van der Waals surface area (Å²) in [5.41, 5.74) is 2.81. The lowest BCUT2D eigenvalue weighted by atomic mass is 10.1. The molecule has 1 aromatic heterocycles. The van der Waals surface area contributed by atoms with E-state index in [9.17, 15) is 4.79 Å². The van der Waals surface area contributed by atoms with Crippen LogP contribution in [0.2, 0.25) is 0 Å². The predicted octanol–water partition coefficient (Wildman–Crippen LogP) is 1.19. The van der Waals surface area contributed by atoms with Crippen molar-refractivity contribution < 1.29 is 9.69 Å². The van der Waals surface area contributed by atoms with Crippen molar-refractivity contribution in [2.45, 2.75) is 26.7 Å². The summed E-state index contributed by atoms with van der Waals surface area (Å²) in [4.78, 5) is 16.6. The van der Waals surface area contributed by atoms with Crippen molar-refractivity contribution in [2.24, 2.45) is 0 Å². The first kappa shape index (κ1) is 16.7. The van der Waals surface area contributed by atoms with Gasteiger partial charge in [0.25, 0.3) is 5.91 Å². The number of likely N-dealkylation sites (N-methyl/N-ethyl adjacent to an activating group) is 1. The lowest BCUT2D eigenvalue weighted by molar-refractivity contribution is -0.902. The molecule has 0 spiro atoms. The fourth-order valence-corrected chi connectivity index (χ4v) is 3.37. The van der Waals surface area contributed by atoms with Crippen LogP contribution in [0.4, 0.5) is 0 Å². The van der Waals surface area contributed by atoms with Gasteiger partial charge in [-0.1, -0.05) is 31.5 Å². The number of nitrogens with zero attached hydrogens (tertiary/aromatic N) is 3. The summed E-state index contributed by atoms with van der Waals surface area (Å²) >= 11 is 0. The third-order valence-corrected chi connectivity index (χ3v) is 4.84. The molecule has 2 heterocycles. The topological polar surface area (TPSA) is 42.6 Å². The molecular weight excluding hydrogens is 300 g/mol. The Morgan fingerprint density at radius 3 is 2.50 bits per heavy atom. The fraction of sp³-hybridized carbons (Fsp3) is 0.474. The number of rotatable bonds is 5. The number of aromatic nitrogens is 2. The number of hydrogen-bond donors (Lipinski definition) is 1. The van der Waals surface area contributed by atoms with Gasteiger partial charge in [0.05, 0.1) is 55.9 Å². The molecule has 1 aliphatic heterocycles. The van der Waals surface area contributed by atoms with Gasteiger partial charge in [-0.05, 0) is 25.5 Å². The van der Waals surface area contributed by atoms with Gasteiger partial charge in [-0.2, -0.15) is 5.10 Å². The van der Waals surface area contributed by atoms with Crippen molar-refractivity contribution in [1.29, 1.82) is 0 Å². The van der Waals surface area contributed by atoms with Crippen molar-refractivity contribution in [3.63, 3.8) is 0 Å². The Morgan fingerprint density at radius 1 is 1.17 bits per heavy atom. The predicted molar refractivity (Wildman–Crippen MR) is 94.7 cm³/mol. The molecule has 0 bridgehead atoms. The minimum atomic E-state index is 0.135. The monoisotopic (exact) mass is 327 g/mol. The van der Waals surface area contributed by atoms with E-state index in [2.05, 4.69) is 18.9 Å². The van der Waals surface area contributed by atoms with Crippen LogP contribution in [0.1, 0.15) is 36.3 Å². The summed E-state index contributed by atoms with van der Waals surface area (Å²) in [5.74, 6) is 0.135. The van der Waals surface area contributed by atoms with Gasteiger partial charge < -0.3 is 9.80 Å². The van der Waals surface area contributed by atoms with Gasteiger partial charge >= 0.3 is 0 Å². The van der Waals surface area contributed by atoms with Crippen LogP contribution in [0, 0.1) is 0 Å². The molecule has 1 aliphatic rings. The largest absolute Gasteiger partial charge is 0.332 e. The van der Waals surface area contributed by atoms with E-state index in [-0.39, 0.29) is 5.91 Å². The van der Waals surface area contributed by atoms with Gasteiger partial charge in [-0.3, -0.25) is 4.79 Å². The van der Waals surface area contributed by atoms with Crippen molar-refractivity contribution in [2.75, 3.05) is 32.7 Å². The minimum Gasteiger partial charge on any atom is -0.332 e. The second-order valence-corrected chi connectivity index (χ2v) is 6.40. The van der Waals surface area contributed by atoms with E-state index in [1.165, 1.54) is 0 Å². The molecule has 1 N–H and O–H groups in total. The van der Waals surface area contributed by atoms with Crippen LogP contribution in [-0.4, -0.2) is 53.3 Å². The lowest BCUT2D eigenvalue weighted by Gasteiger charge is -2.31. The van der Waals surface area contributed by atoms with E-state index < -0.39 is 0 Å². The van der Waals surface area contributed by atoms with Gasteiger partial charge in [0.15, 0.2) is 0 Å². The summed E-state index contributed by atoms with van der Waals surface area (Å²) in [6.07, 6.45) is 3.60. The number of quaternary nitrogens is 1. The maximum Gasteiger partial charge on any atom is 0.257 e. The highest BCUT2D eigenvalue weighted by Crippen LogP contribution is 2.18. The number of nitrogens with one attached hydrogen (secondary N) is 1. The van der Waals surface area contributed by atoms with Crippen LogP contribution < -0.4 is 4.90 Å². The molecule has 128 valence electrons. The smallest absolute Gasteiger partial charge is 0.257 e. The van der Waals surface area contributed by atoms with Gasteiger partial charge in [0, 0.05) is 0 Å². The first-order valence-electron chi connectivity index (χ1n) is 8.99. The van der Waals surface area contributed by atoms with Crippen molar-refractivity contribution in [1.82, 2.24) is 14.7 Å². The summed E-state index contributed by atoms with van der Waals surface area (Å²) < 4.78 is 1.92. The molecule has 0 aliphatic carbocycles. The molecule has 5 nitrogen and oxygen atoms in total. The molecule has 0 radical (unpaired) electrons. The molecule has 1 amide bonds. The standard InChI is InChI=1S/C19H26N4O/c1-3-8-18-17(15-20-23(18)16-9-6-5-7-10-16)19(24)22-13-11-21(4-2)12-14-22/h5-7,9-10,15H,3-4,8,11-14H2,1-2H3/p+1. The zero-order chi connectivity index (χ0) is 16.9. The molecule has 2 aromatic rings. The van der Waals surface area contributed by atoms with Crippen LogP contribution in [0.15, 0.2) is 36.5 Å². The van der Waals surface area contributed by atoms with Crippen LogP contribution in [0.25, 0.3) is 5.69 Å². The molecule has 5 heteroatoms. The number of amides is 1. The van der Waals surface area contributed by atoms with Crippen LogP contribution in [-0.2, 0) is 6.42 Å². The van der Waals surface area contributed by atoms with E-state index in [4.69, 9.17) is 0 Å². The molecule has 0 saturated carbocycles. The minimum absolute atomic E-state index is 0.135. The van der Waals surface area contributed by atoms with E-state index in [0.29, 0.717) is 0 Å². The van der Waals surface area contributed by atoms with Crippen molar-refractivity contribution in [3.8, 4) is 5.69 Å². The van der Waals surface area contributed by atoms with Crippen LogP contribution in [0.3, 0.4) is 0 Å². The summed E-state index contributed by atoms with van der Waals surface area (Å²) in [7, 11) is 0. The maximum atomic E-state index is 13.0. The van der Waals surface area contributed by atoms with Crippen LogP contribution in [0.5, 0.6) is 0 Å². The van der Waals surface area contributed by atoms with E-state index >= 15 is 0 Å². The highest BCUT2D eigenvalue weighted by atomic mass is 16.2. The molecule has 1 saturated heterocycles. The summed E-state index contributed by atoms with van der Waals surface area (Å²) in [6.45, 7) is 9.23. The molecular formula is C19H27N4O+. The Morgan fingerprint density at radius 2 is 1.88 bits per heavy atom. The normalized spacial score (nSPS) is 15.7. The zero-order valence-corrected chi connectivity index (χ0v) is 14.7. The van der Waals surface area contributed by atoms with Gasteiger partial charge in [-0.25, -0.2) is 4.68 Å². The number of carbonyl (C=O) groups is 1. The van der Waals surface area contributed by atoms with E-state index in [0.717, 1.165) is 62.5 Å². The first-order chi connectivity index (χ1) is 11.7. The highest BCUT2D eigenvalue weighted by molar-refractivity contribution is 5.95. The number of piperazine rings is 1. The maximum absolute atomic E-state index is 13.0. The summed E-state index contributed by atoms with van der Waals surface area (Å²) in [6, 6.07) is 10.1. The Kier molecular flexibility index (Phi) is 5.30. The third-order valence-electron chi connectivity index (χ3n) is 4.84. The molecule has 24 heavy (non-hydrogen) atoms. The molecule has 0 unspecified atom stereocenters. The Bertz CT molecular complexity index is 672. The Hall–Kier alpha value is -2.14. The van der Waals surface area contributed by atoms with Gasteiger partial charge in [0.2, 0.25) is 0 Å². The lowest BCUT2D eigenvalue weighted by Crippen LogP contribution is -3.14. The van der Waals surface area contributed by atoms with Crippen molar-refractivity contribution >= 4 is 5.91 Å². The molecule has 1 fully saturated rings. The molecule has 3 rings (SSSR count). The Labute approximate surface area is 143 Å². The van der Waals surface area contributed by atoms with Gasteiger partial charge in [-0.15, -0.1) is 0 Å².